The molecule has 116 valence electrons. The Hall–Kier alpha value is -1.59. The number of nitrogens with one attached hydrogen (secondary N) is 1. The lowest BCUT2D eigenvalue weighted by atomic mass is 10.1. The summed E-state index contributed by atoms with van der Waals surface area (Å²) in [5.74, 6) is 0. The predicted molar refractivity (Wildman–Crippen MR) is 84.4 cm³/mol. The third-order valence-electron chi connectivity index (χ3n) is 4.08. The topological polar surface area (TPSA) is 55.8 Å². The molecule has 1 aliphatic rings. The van der Waals surface area contributed by atoms with Gasteiger partial charge in [0.15, 0.2) is 0 Å². The molecule has 0 spiro atoms. The smallest absolute Gasteiger partial charge is 0.321 e. The number of piperazine rings is 1. The van der Waals surface area contributed by atoms with Crippen LogP contribution in [-0.4, -0.2) is 53.2 Å². The molecular weight excluding hydrogens is 266 g/mol. The molecule has 0 radical (unpaired) electrons. The molecule has 2 amide bonds. The first-order valence-electron chi connectivity index (χ1n) is 7.59. The first kappa shape index (κ1) is 15.8. The predicted octanol–water partition coefficient (Wildman–Crippen LogP) is 2.30. The summed E-state index contributed by atoms with van der Waals surface area (Å²) in [6.07, 6.45) is -0.532. The van der Waals surface area contributed by atoms with E-state index in [1.54, 1.807) is 6.92 Å². The molecule has 1 saturated heterocycles. The van der Waals surface area contributed by atoms with Gasteiger partial charge < -0.3 is 15.3 Å². The molecule has 1 heterocycles. The molecule has 0 bridgehead atoms. The maximum absolute atomic E-state index is 12.3. The number of benzene rings is 1. The van der Waals surface area contributed by atoms with Crippen LogP contribution >= 0.6 is 0 Å². The fourth-order valence-electron chi connectivity index (χ4n) is 2.73. The lowest BCUT2D eigenvalue weighted by Crippen LogP contribution is -2.54. The Morgan fingerprint density at radius 2 is 2.24 bits per heavy atom. The molecule has 1 aliphatic heterocycles. The summed E-state index contributed by atoms with van der Waals surface area (Å²) >= 11 is 0. The zero-order valence-electron chi connectivity index (χ0n) is 13.0. The minimum atomic E-state index is -0.532. The van der Waals surface area contributed by atoms with E-state index in [9.17, 15) is 9.90 Å². The van der Waals surface area contributed by atoms with Crippen molar-refractivity contribution in [3.8, 4) is 0 Å². The highest BCUT2D eigenvalue weighted by Gasteiger charge is 2.25. The summed E-state index contributed by atoms with van der Waals surface area (Å²) in [5.41, 5.74) is 1.53. The van der Waals surface area contributed by atoms with Crippen LogP contribution in [0, 0.1) is 0 Å². The average Bonchev–Trinajstić information content (AvgIpc) is 2.47. The Labute approximate surface area is 126 Å². The first-order chi connectivity index (χ1) is 10.0. The minimum Gasteiger partial charge on any atom is -0.389 e. The lowest BCUT2D eigenvalue weighted by molar-refractivity contribution is 0.108. The summed E-state index contributed by atoms with van der Waals surface area (Å²) in [4.78, 5) is 16.5. The second kappa shape index (κ2) is 6.91. The van der Waals surface area contributed by atoms with E-state index in [1.807, 2.05) is 29.2 Å². The highest BCUT2D eigenvalue weighted by atomic mass is 16.3. The number of anilines is 1. The van der Waals surface area contributed by atoms with Crippen molar-refractivity contribution in [2.24, 2.45) is 0 Å². The van der Waals surface area contributed by atoms with Crippen molar-refractivity contribution in [1.29, 1.82) is 0 Å². The van der Waals surface area contributed by atoms with Crippen LogP contribution in [-0.2, 0) is 0 Å². The van der Waals surface area contributed by atoms with E-state index in [-0.39, 0.29) is 6.03 Å². The van der Waals surface area contributed by atoms with Gasteiger partial charge in [0.2, 0.25) is 0 Å². The molecule has 5 heteroatoms. The molecule has 1 aromatic rings. The fourth-order valence-corrected chi connectivity index (χ4v) is 2.73. The van der Waals surface area contributed by atoms with E-state index in [0.717, 1.165) is 37.4 Å². The zero-order chi connectivity index (χ0) is 15.4. The summed E-state index contributed by atoms with van der Waals surface area (Å²) in [6.45, 7) is 9.44. The second-order valence-electron chi connectivity index (χ2n) is 5.66. The highest BCUT2D eigenvalue weighted by Crippen LogP contribution is 2.18. The average molecular weight is 291 g/mol. The van der Waals surface area contributed by atoms with Crippen LogP contribution in [0.25, 0.3) is 0 Å². The Kier molecular flexibility index (Phi) is 5.20. The number of hydrogen-bond acceptors (Lipinski definition) is 3. The van der Waals surface area contributed by atoms with Gasteiger partial charge in [-0.05, 0) is 38.1 Å². The number of amides is 2. The van der Waals surface area contributed by atoms with Crippen LogP contribution in [0.2, 0.25) is 0 Å². The summed E-state index contributed by atoms with van der Waals surface area (Å²) < 4.78 is 0. The van der Waals surface area contributed by atoms with Crippen molar-refractivity contribution in [3.63, 3.8) is 0 Å². The molecule has 5 nitrogen and oxygen atoms in total. The first-order valence-corrected chi connectivity index (χ1v) is 7.59. The Morgan fingerprint density at radius 1 is 1.48 bits per heavy atom. The van der Waals surface area contributed by atoms with E-state index >= 15 is 0 Å². The second-order valence-corrected chi connectivity index (χ2v) is 5.66. The fraction of sp³-hybridized carbons (Fsp3) is 0.562. The molecule has 2 N–H and O–H groups in total. The van der Waals surface area contributed by atoms with Gasteiger partial charge >= 0.3 is 6.03 Å². The number of aliphatic hydroxyl groups is 1. The lowest BCUT2D eigenvalue weighted by Gasteiger charge is -2.39. The molecule has 0 aliphatic carbocycles. The number of hydrogen-bond donors (Lipinski definition) is 2. The zero-order valence-corrected chi connectivity index (χ0v) is 13.0. The number of aliphatic hydroxyl groups excluding tert-OH is 1. The van der Waals surface area contributed by atoms with Gasteiger partial charge in [-0.15, -0.1) is 0 Å². The number of urea groups is 1. The molecule has 2 atom stereocenters. The summed E-state index contributed by atoms with van der Waals surface area (Å²) in [7, 11) is 0. The van der Waals surface area contributed by atoms with Crippen LogP contribution in [0.1, 0.15) is 32.4 Å². The maximum Gasteiger partial charge on any atom is 0.321 e. The largest absolute Gasteiger partial charge is 0.389 e. The SMILES string of the molecule is CCN1CCN(C(=O)Nc2cccc(C(C)O)c2)CC1C. The van der Waals surface area contributed by atoms with Crippen molar-refractivity contribution in [2.45, 2.75) is 32.9 Å². The Balaban J connectivity index is 1.97. The summed E-state index contributed by atoms with van der Waals surface area (Å²) in [6, 6.07) is 7.67. The number of rotatable bonds is 3. The van der Waals surface area contributed by atoms with E-state index < -0.39 is 6.10 Å². The minimum absolute atomic E-state index is 0.0691. The molecule has 21 heavy (non-hydrogen) atoms. The third-order valence-corrected chi connectivity index (χ3v) is 4.08. The van der Waals surface area contributed by atoms with E-state index in [2.05, 4.69) is 24.1 Å². The molecule has 2 unspecified atom stereocenters. The van der Waals surface area contributed by atoms with E-state index in [1.165, 1.54) is 0 Å². The Bertz CT molecular complexity index is 490. The number of carbonyl (C=O) groups is 1. The van der Waals surface area contributed by atoms with E-state index in [0.29, 0.717) is 6.04 Å². The van der Waals surface area contributed by atoms with Crippen LogP contribution < -0.4 is 5.32 Å². The normalized spacial score (nSPS) is 21.1. The monoisotopic (exact) mass is 291 g/mol. The molecule has 1 fully saturated rings. The molecule has 0 aromatic heterocycles. The molecule has 1 aromatic carbocycles. The van der Waals surface area contributed by atoms with Crippen molar-refractivity contribution < 1.29 is 9.90 Å². The number of carbonyl (C=O) groups excluding carboxylic acids is 1. The van der Waals surface area contributed by atoms with Gasteiger partial charge in [0.25, 0.3) is 0 Å². The quantitative estimate of drug-likeness (QED) is 0.898. The van der Waals surface area contributed by atoms with Crippen molar-refractivity contribution >= 4 is 11.7 Å². The highest BCUT2D eigenvalue weighted by molar-refractivity contribution is 5.89. The van der Waals surface area contributed by atoms with Gasteiger partial charge in [-0.1, -0.05) is 19.1 Å². The van der Waals surface area contributed by atoms with Crippen LogP contribution in [0.4, 0.5) is 10.5 Å². The molecule has 2 rings (SSSR count). The van der Waals surface area contributed by atoms with Crippen molar-refractivity contribution in [2.75, 3.05) is 31.5 Å². The van der Waals surface area contributed by atoms with Gasteiger partial charge in [0, 0.05) is 31.4 Å². The Morgan fingerprint density at radius 3 is 2.86 bits per heavy atom. The van der Waals surface area contributed by atoms with Gasteiger partial charge in [-0.2, -0.15) is 0 Å². The maximum atomic E-state index is 12.3. The van der Waals surface area contributed by atoms with Gasteiger partial charge in [0.1, 0.15) is 0 Å². The van der Waals surface area contributed by atoms with Crippen LogP contribution in [0.15, 0.2) is 24.3 Å². The number of nitrogens with zero attached hydrogens (tertiary/aromatic N) is 2. The van der Waals surface area contributed by atoms with Gasteiger partial charge in [-0.25, -0.2) is 4.79 Å². The van der Waals surface area contributed by atoms with E-state index in [4.69, 9.17) is 0 Å². The molecule has 0 saturated carbocycles. The third kappa shape index (κ3) is 3.95. The number of likely N-dealkylation sites (N-methyl/N-ethyl adjacent to an activating group) is 1. The van der Waals surface area contributed by atoms with Gasteiger partial charge in [-0.3, -0.25) is 4.90 Å². The van der Waals surface area contributed by atoms with Crippen molar-refractivity contribution in [3.05, 3.63) is 29.8 Å². The van der Waals surface area contributed by atoms with Crippen molar-refractivity contribution in [1.82, 2.24) is 9.80 Å². The van der Waals surface area contributed by atoms with Crippen LogP contribution in [0.3, 0.4) is 0 Å². The standard InChI is InChI=1S/C16H25N3O2/c1-4-18-8-9-19(11-12(18)2)16(21)17-15-7-5-6-14(10-15)13(3)20/h5-7,10,12-13,20H,4,8-9,11H2,1-3H3,(H,17,21). The van der Waals surface area contributed by atoms with Gasteiger partial charge in [0.05, 0.1) is 6.10 Å². The molecular formula is C16H25N3O2. The van der Waals surface area contributed by atoms with Crippen LogP contribution in [0.5, 0.6) is 0 Å². The summed E-state index contributed by atoms with van der Waals surface area (Å²) in [5, 5.41) is 12.5.